The van der Waals surface area contributed by atoms with Crippen molar-refractivity contribution >= 4 is 11.6 Å². The van der Waals surface area contributed by atoms with E-state index in [-0.39, 0.29) is 5.56 Å². The van der Waals surface area contributed by atoms with Crippen molar-refractivity contribution in [1.82, 2.24) is 9.97 Å². The number of aryl methyl sites for hydroxylation is 1. The van der Waals surface area contributed by atoms with Crippen LogP contribution >= 0.6 is 11.6 Å². The zero-order valence-electron chi connectivity index (χ0n) is 9.85. The van der Waals surface area contributed by atoms with Gasteiger partial charge >= 0.3 is 0 Å². The first-order valence-corrected chi connectivity index (χ1v) is 5.75. The minimum Gasteiger partial charge on any atom is -0.310 e. The van der Waals surface area contributed by atoms with Gasteiger partial charge in [-0.05, 0) is 6.42 Å². The van der Waals surface area contributed by atoms with Crippen molar-refractivity contribution in [3.05, 3.63) is 26.9 Å². The van der Waals surface area contributed by atoms with Gasteiger partial charge in [0.2, 0.25) is 0 Å². The Kier molecular flexibility index (Phi) is 7.05. The van der Waals surface area contributed by atoms with Crippen molar-refractivity contribution in [2.75, 3.05) is 0 Å². The van der Waals surface area contributed by atoms with Crippen LogP contribution in [0.1, 0.15) is 45.5 Å². The lowest BCUT2D eigenvalue weighted by atomic mass is 10.2. The van der Waals surface area contributed by atoms with E-state index < -0.39 is 0 Å². The van der Waals surface area contributed by atoms with E-state index in [1.54, 1.807) is 0 Å². The molecule has 1 rings (SSSR count). The number of hydrogen-bond donors (Lipinski definition) is 1. The van der Waals surface area contributed by atoms with E-state index >= 15 is 0 Å². The molecular weight excluding hydrogens is 212 g/mol. The first kappa shape index (κ1) is 14.2. The van der Waals surface area contributed by atoms with E-state index in [9.17, 15) is 4.79 Å². The van der Waals surface area contributed by atoms with Gasteiger partial charge < -0.3 is 4.98 Å². The standard InChI is InChI=1S/C8H11ClN2O.C3H8/c1-3-5-7(9)10-6(4-2)11-8(5)12;1-3-2/h3-4H2,1-2H3,(H,10,11,12);3H2,1-2H3. The van der Waals surface area contributed by atoms with Gasteiger partial charge in [0.05, 0.1) is 5.56 Å². The summed E-state index contributed by atoms with van der Waals surface area (Å²) in [6.45, 7) is 8.05. The third-order valence-corrected chi connectivity index (χ3v) is 2.02. The molecule has 4 heteroatoms. The molecule has 0 amide bonds. The summed E-state index contributed by atoms with van der Waals surface area (Å²) in [5, 5.41) is 0.332. The first-order valence-electron chi connectivity index (χ1n) is 5.38. The molecule has 1 heterocycles. The summed E-state index contributed by atoms with van der Waals surface area (Å²) in [4.78, 5) is 18.0. The molecule has 0 aliphatic rings. The van der Waals surface area contributed by atoms with E-state index in [4.69, 9.17) is 11.6 Å². The molecule has 0 atom stereocenters. The predicted octanol–water partition coefficient (Wildman–Crippen LogP) is 2.96. The summed E-state index contributed by atoms with van der Waals surface area (Å²) in [5.74, 6) is 0.641. The summed E-state index contributed by atoms with van der Waals surface area (Å²) < 4.78 is 0. The Hall–Kier alpha value is -0.830. The van der Waals surface area contributed by atoms with Crippen LogP contribution in [0.2, 0.25) is 5.15 Å². The Morgan fingerprint density at radius 3 is 2.07 bits per heavy atom. The summed E-state index contributed by atoms with van der Waals surface area (Å²) in [7, 11) is 0. The number of H-pyrrole nitrogens is 1. The minimum atomic E-state index is -0.116. The van der Waals surface area contributed by atoms with Crippen LogP contribution in [0.25, 0.3) is 0 Å². The Bertz CT molecular complexity index is 347. The van der Waals surface area contributed by atoms with Crippen LogP contribution in [0.5, 0.6) is 0 Å². The van der Waals surface area contributed by atoms with Crippen molar-refractivity contribution < 1.29 is 0 Å². The average molecular weight is 231 g/mol. The summed E-state index contributed by atoms with van der Waals surface area (Å²) >= 11 is 5.78. The highest BCUT2D eigenvalue weighted by Crippen LogP contribution is 2.08. The number of nitrogens with zero attached hydrogens (tertiary/aromatic N) is 1. The molecule has 1 aromatic heterocycles. The van der Waals surface area contributed by atoms with Crippen LogP contribution in [-0.2, 0) is 12.8 Å². The monoisotopic (exact) mass is 230 g/mol. The van der Waals surface area contributed by atoms with Gasteiger partial charge in [0.25, 0.3) is 5.56 Å². The van der Waals surface area contributed by atoms with Crippen molar-refractivity contribution in [1.29, 1.82) is 0 Å². The fourth-order valence-electron chi connectivity index (χ4n) is 0.988. The van der Waals surface area contributed by atoms with Gasteiger partial charge in [-0.2, -0.15) is 0 Å². The van der Waals surface area contributed by atoms with Crippen LogP contribution in [0.15, 0.2) is 4.79 Å². The summed E-state index contributed by atoms with van der Waals surface area (Å²) in [6.07, 6.45) is 2.56. The Labute approximate surface area is 95.9 Å². The zero-order chi connectivity index (χ0) is 11.8. The second kappa shape index (κ2) is 7.46. The van der Waals surface area contributed by atoms with E-state index in [0.717, 1.165) is 0 Å². The average Bonchev–Trinajstić information content (AvgIpc) is 2.18. The summed E-state index contributed by atoms with van der Waals surface area (Å²) in [6, 6.07) is 0. The van der Waals surface area contributed by atoms with Gasteiger partial charge in [-0.25, -0.2) is 4.98 Å². The SMILES string of the molecule is CCC.CCc1nc(Cl)c(CC)c(=O)[nH]1. The molecule has 0 aliphatic heterocycles. The van der Waals surface area contributed by atoms with Gasteiger partial charge in [0, 0.05) is 6.42 Å². The molecule has 0 bridgehead atoms. The Morgan fingerprint density at radius 2 is 1.73 bits per heavy atom. The minimum absolute atomic E-state index is 0.116. The number of nitrogens with one attached hydrogen (secondary N) is 1. The van der Waals surface area contributed by atoms with Gasteiger partial charge in [0.1, 0.15) is 11.0 Å². The Balaban J connectivity index is 0.000000583. The van der Waals surface area contributed by atoms with Gasteiger partial charge in [-0.3, -0.25) is 4.79 Å². The topological polar surface area (TPSA) is 45.8 Å². The fourth-order valence-corrected chi connectivity index (χ4v) is 1.31. The second-order valence-corrected chi connectivity index (χ2v) is 3.55. The number of halogens is 1. The van der Waals surface area contributed by atoms with Gasteiger partial charge in [-0.1, -0.05) is 45.7 Å². The smallest absolute Gasteiger partial charge is 0.255 e. The molecule has 0 fully saturated rings. The van der Waals surface area contributed by atoms with Crippen molar-refractivity contribution in [2.24, 2.45) is 0 Å². The lowest BCUT2D eigenvalue weighted by Crippen LogP contribution is -2.16. The molecular formula is C11H19ClN2O. The van der Waals surface area contributed by atoms with Crippen LogP contribution in [-0.4, -0.2) is 9.97 Å². The predicted molar refractivity (Wildman–Crippen MR) is 64.6 cm³/mol. The number of rotatable bonds is 2. The highest BCUT2D eigenvalue weighted by atomic mass is 35.5. The molecule has 0 unspecified atom stereocenters. The number of aromatic amines is 1. The molecule has 86 valence electrons. The molecule has 1 N–H and O–H groups in total. The lowest BCUT2D eigenvalue weighted by Gasteiger charge is -2.00. The molecule has 0 spiro atoms. The molecule has 1 aromatic rings. The third-order valence-electron chi connectivity index (χ3n) is 1.70. The molecule has 0 aromatic carbocycles. The molecule has 0 aliphatic carbocycles. The molecule has 0 saturated carbocycles. The largest absolute Gasteiger partial charge is 0.310 e. The first-order chi connectivity index (χ1) is 7.10. The highest BCUT2D eigenvalue weighted by Gasteiger charge is 2.05. The maximum Gasteiger partial charge on any atom is 0.255 e. The van der Waals surface area contributed by atoms with Crippen molar-refractivity contribution in [3.63, 3.8) is 0 Å². The third kappa shape index (κ3) is 4.47. The zero-order valence-corrected chi connectivity index (χ0v) is 10.6. The van der Waals surface area contributed by atoms with Gasteiger partial charge in [-0.15, -0.1) is 0 Å². The molecule has 0 radical (unpaired) electrons. The quantitative estimate of drug-likeness (QED) is 0.794. The second-order valence-electron chi connectivity index (χ2n) is 3.20. The number of aromatic nitrogens is 2. The van der Waals surface area contributed by atoms with Crippen molar-refractivity contribution in [2.45, 2.75) is 47.0 Å². The summed E-state index contributed by atoms with van der Waals surface area (Å²) in [5.41, 5.74) is 0.447. The van der Waals surface area contributed by atoms with E-state index in [1.807, 2.05) is 13.8 Å². The normalized spacial score (nSPS) is 9.40. The molecule has 0 saturated heterocycles. The number of hydrogen-bond acceptors (Lipinski definition) is 2. The van der Waals surface area contributed by atoms with Crippen LogP contribution in [0.4, 0.5) is 0 Å². The van der Waals surface area contributed by atoms with Crippen LogP contribution < -0.4 is 5.56 Å². The van der Waals surface area contributed by atoms with E-state index in [1.165, 1.54) is 6.42 Å². The van der Waals surface area contributed by atoms with Gasteiger partial charge in [0.15, 0.2) is 0 Å². The van der Waals surface area contributed by atoms with E-state index in [2.05, 4.69) is 23.8 Å². The lowest BCUT2D eigenvalue weighted by molar-refractivity contribution is 0.890. The van der Waals surface area contributed by atoms with Crippen LogP contribution in [0, 0.1) is 0 Å². The maximum atomic E-state index is 11.3. The van der Waals surface area contributed by atoms with Crippen LogP contribution in [0.3, 0.4) is 0 Å². The van der Waals surface area contributed by atoms with E-state index in [0.29, 0.717) is 29.4 Å². The highest BCUT2D eigenvalue weighted by molar-refractivity contribution is 6.30. The Morgan fingerprint density at radius 1 is 1.20 bits per heavy atom. The maximum absolute atomic E-state index is 11.3. The molecule has 15 heavy (non-hydrogen) atoms. The van der Waals surface area contributed by atoms with Crippen molar-refractivity contribution in [3.8, 4) is 0 Å². The fraction of sp³-hybridized carbons (Fsp3) is 0.636. The molecule has 3 nitrogen and oxygen atoms in total.